The maximum Gasteiger partial charge on any atom is 0.228 e. The number of aromatic nitrogens is 1. The first kappa shape index (κ1) is 16.2. The molecule has 1 aliphatic heterocycles. The summed E-state index contributed by atoms with van der Waals surface area (Å²) in [5, 5.41) is 0. The molecule has 0 saturated carbocycles. The molecule has 1 fully saturated rings. The van der Waals surface area contributed by atoms with Crippen molar-refractivity contribution in [2.45, 2.75) is 26.2 Å². The van der Waals surface area contributed by atoms with Gasteiger partial charge in [0.2, 0.25) is 17.7 Å². The summed E-state index contributed by atoms with van der Waals surface area (Å²) in [5.74, 6) is 0.532. The number of aryl methyl sites for hydroxylation is 1. The van der Waals surface area contributed by atoms with Crippen molar-refractivity contribution in [3.05, 3.63) is 41.8 Å². The molecule has 1 atom stereocenters. The van der Waals surface area contributed by atoms with Gasteiger partial charge in [-0.1, -0.05) is 18.2 Å². The van der Waals surface area contributed by atoms with Crippen molar-refractivity contribution in [2.75, 3.05) is 13.1 Å². The van der Waals surface area contributed by atoms with Crippen molar-refractivity contribution in [3.8, 4) is 11.5 Å². The Balaban J connectivity index is 1.71. The first-order valence-electron chi connectivity index (χ1n) is 8.13. The van der Waals surface area contributed by atoms with E-state index in [4.69, 9.17) is 10.2 Å². The predicted molar refractivity (Wildman–Crippen MR) is 88.9 cm³/mol. The third kappa shape index (κ3) is 3.48. The highest BCUT2D eigenvalue weighted by atomic mass is 16.4. The molecule has 6 nitrogen and oxygen atoms in total. The number of piperidine rings is 1. The monoisotopic (exact) mass is 327 g/mol. The molecular formula is C18H21N3O3. The van der Waals surface area contributed by atoms with Gasteiger partial charge in [0, 0.05) is 18.7 Å². The van der Waals surface area contributed by atoms with E-state index in [9.17, 15) is 9.59 Å². The number of hydrogen-bond acceptors (Lipinski definition) is 4. The fourth-order valence-corrected chi connectivity index (χ4v) is 2.99. The molecule has 24 heavy (non-hydrogen) atoms. The number of hydrogen-bond donors (Lipinski definition) is 1. The first-order chi connectivity index (χ1) is 11.5. The van der Waals surface area contributed by atoms with Crippen LogP contribution in [0.15, 0.2) is 34.7 Å². The minimum absolute atomic E-state index is 0.0445. The predicted octanol–water partition coefficient (Wildman–Crippen LogP) is 1.92. The Hall–Kier alpha value is -2.63. The van der Waals surface area contributed by atoms with Crippen molar-refractivity contribution < 1.29 is 14.0 Å². The lowest BCUT2D eigenvalue weighted by atomic mass is 9.97. The molecule has 1 aromatic carbocycles. The molecule has 3 rings (SSSR count). The van der Waals surface area contributed by atoms with E-state index in [0.29, 0.717) is 30.4 Å². The van der Waals surface area contributed by atoms with E-state index in [1.54, 1.807) is 4.90 Å². The average Bonchev–Trinajstić information content (AvgIpc) is 2.96. The fourth-order valence-electron chi connectivity index (χ4n) is 2.99. The topological polar surface area (TPSA) is 89.4 Å². The van der Waals surface area contributed by atoms with Crippen LogP contribution in [-0.4, -0.2) is 34.8 Å². The third-order valence-electron chi connectivity index (χ3n) is 4.41. The molecule has 2 amide bonds. The van der Waals surface area contributed by atoms with Crippen LogP contribution < -0.4 is 5.73 Å². The number of nitrogens with zero attached hydrogens (tertiary/aromatic N) is 2. The Morgan fingerprint density at radius 1 is 1.33 bits per heavy atom. The molecule has 2 aromatic rings. The second-order valence-electron chi connectivity index (χ2n) is 6.15. The van der Waals surface area contributed by atoms with E-state index in [1.807, 2.05) is 37.3 Å². The van der Waals surface area contributed by atoms with Crippen LogP contribution in [0.2, 0.25) is 0 Å². The van der Waals surface area contributed by atoms with Gasteiger partial charge in [-0.2, -0.15) is 0 Å². The quantitative estimate of drug-likeness (QED) is 0.929. The summed E-state index contributed by atoms with van der Waals surface area (Å²) in [5.41, 5.74) is 6.89. The number of likely N-dealkylation sites (tertiary alicyclic amines) is 1. The van der Waals surface area contributed by atoms with Gasteiger partial charge in [-0.3, -0.25) is 9.59 Å². The van der Waals surface area contributed by atoms with E-state index in [2.05, 4.69) is 4.98 Å². The molecule has 0 radical (unpaired) electrons. The number of rotatable bonds is 4. The lowest BCUT2D eigenvalue weighted by Crippen LogP contribution is -2.44. The fraction of sp³-hybridized carbons (Fsp3) is 0.389. The van der Waals surface area contributed by atoms with Crippen LogP contribution in [0.4, 0.5) is 0 Å². The summed E-state index contributed by atoms with van der Waals surface area (Å²) in [6.07, 6.45) is 1.72. The summed E-state index contributed by atoms with van der Waals surface area (Å²) in [7, 11) is 0. The summed E-state index contributed by atoms with van der Waals surface area (Å²) >= 11 is 0. The van der Waals surface area contributed by atoms with Crippen LogP contribution in [0.3, 0.4) is 0 Å². The molecule has 1 aromatic heterocycles. The van der Waals surface area contributed by atoms with E-state index in [1.165, 1.54) is 0 Å². The highest BCUT2D eigenvalue weighted by molar-refractivity contribution is 5.81. The molecule has 0 spiro atoms. The van der Waals surface area contributed by atoms with Crippen molar-refractivity contribution in [1.29, 1.82) is 0 Å². The Labute approximate surface area is 140 Å². The number of carbonyl (C=O) groups is 2. The molecule has 126 valence electrons. The van der Waals surface area contributed by atoms with Gasteiger partial charge in [0.1, 0.15) is 5.76 Å². The van der Waals surface area contributed by atoms with Crippen LogP contribution in [0.5, 0.6) is 0 Å². The molecule has 1 saturated heterocycles. The Kier molecular flexibility index (Phi) is 4.64. The van der Waals surface area contributed by atoms with Gasteiger partial charge in [0.05, 0.1) is 18.0 Å². The number of oxazole rings is 1. The molecule has 0 aliphatic carbocycles. The maximum absolute atomic E-state index is 12.5. The lowest BCUT2D eigenvalue weighted by Gasteiger charge is -2.31. The van der Waals surface area contributed by atoms with Gasteiger partial charge >= 0.3 is 0 Å². The van der Waals surface area contributed by atoms with Crippen LogP contribution in [0, 0.1) is 12.8 Å². The van der Waals surface area contributed by atoms with E-state index < -0.39 is 0 Å². The number of benzene rings is 1. The van der Waals surface area contributed by atoms with Gasteiger partial charge in [-0.05, 0) is 31.9 Å². The van der Waals surface area contributed by atoms with Gasteiger partial charge < -0.3 is 15.1 Å². The molecule has 0 bridgehead atoms. The van der Waals surface area contributed by atoms with Crippen LogP contribution in [0.25, 0.3) is 11.5 Å². The Morgan fingerprint density at radius 2 is 2.08 bits per heavy atom. The highest BCUT2D eigenvalue weighted by Crippen LogP contribution is 2.23. The molecular weight excluding hydrogens is 306 g/mol. The van der Waals surface area contributed by atoms with Crippen molar-refractivity contribution in [2.24, 2.45) is 11.7 Å². The smallest absolute Gasteiger partial charge is 0.228 e. The minimum Gasteiger partial charge on any atom is -0.441 e. The molecule has 0 unspecified atom stereocenters. The van der Waals surface area contributed by atoms with Crippen molar-refractivity contribution in [1.82, 2.24) is 9.88 Å². The first-order valence-corrected chi connectivity index (χ1v) is 8.13. The van der Waals surface area contributed by atoms with Gasteiger partial charge in [-0.15, -0.1) is 0 Å². The number of primary amides is 1. The summed E-state index contributed by atoms with van der Waals surface area (Å²) in [6, 6.07) is 9.59. The zero-order valence-electron chi connectivity index (χ0n) is 13.7. The van der Waals surface area contributed by atoms with E-state index in [0.717, 1.165) is 18.4 Å². The second-order valence-corrected chi connectivity index (χ2v) is 6.15. The Morgan fingerprint density at radius 3 is 2.79 bits per heavy atom. The zero-order chi connectivity index (χ0) is 17.1. The normalized spacial score (nSPS) is 17.7. The SMILES string of the molecule is Cc1oc(-c2ccccc2)nc1CC(=O)N1CCC[C@@H](C(N)=O)C1. The highest BCUT2D eigenvalue weighted by Gasteiger charge is 2.27. The zero-order valence-corrected chi connectivity index (χ0v) is 13.7. The summed E-state index contributed by atoms with van der Waals surface area (Å²) in [4.78, 5) is 30.0. The number of amides is 2. The second kappa shape index (κ2) is 6.86. The average molecular weight is 327 g/mol. The number of nitrogens with two attached hydrogens (primary N) is 1. The van der Waals surface area contributed by atoms with Gasteiger partial charge in [0.25, 0.3) is 0 Å². The minimum atomic E-state index is -0.337. The van der Waals surface area contributed by atoms with Crippen LogP contribution in [-0.2, 0) is 16.0 Å². The summed E-state index contributed by atoms with van der Waals surface area (Å²) < 4.78 is 5.69. The molecule has 2 heterocycles. The largest absolute Gasteiger partial charge is 0.441 e. The van der Waals surface area contributed by atoms with Crippen molar-refractivity contribution >= 4 is 11.8 Å². The molecule has 6 heteroatoms. The van der Waals surface area contributed by atoms with Gasteiger partial charge in [0.15, 0.2) is 0 Å². The standard InChI is InChI=1S/C18H21N3O3/c1-12-15(20-18(24-12)13-6-3-2-4-7-13)10-16(22)21-9-5-8-14(11-21)17(19)23/h2-4,6-7,14H,5,8-11H2,1H3,(H2,19,23)/t14-/m1/s1. The van der Waals surface area contributed by atoms with Gasteiger partial charge in [-0.25, -0.2) is 4.98 Å². The van der Waals surface area contributed by atoms with E-state index >= 15 is 0 Å². The molecule has 1 aliphatic rings. The maximum atomic E-state index is 12.5. The van der Waals surface area contributed by atoms with Crippen LogP contribution in [0.1, 0.15) is 24.3 Å². The number of carbonyl (C=O) groups excluding carboxylic acids is 2. The third-order valence-corrected chi connectivity index (χ3v) is 4.41. The lowest BCUT2D eigenvalue weighted by molar-refractivity contribution is -0.134. The molecule has 2 N–H and O–H groups in total. The van der Waals surface area contributed by atoms with Crippen LogP contribution >= 0.6 is 0 Å². The van der Waals surface area contributed by atoms with E-state index in [-0.39, 0.29) is 24.2 Å². The summed E-state index contributed by atoms with van der Waals surface area (Å²) in [6.45, 7) is 2.87. The van der Waals surface area contributed by atoms with Crippen molar-refractivity contribution in [3.63, 3.8) is 0 Å². The Bertz CT molecular complexity index is 739.